The summed E-state index contributed by atoms with van der Waals surface area (Å²) in [5.74, 6) is -2.60. The van der Waals surface area contributed by atoms with Gasteiger partial charge in [0, 0.05) is 0 Å². The Balaban J connectivity index is 0. The van der Waals surface area contributed by atoms with Gasteiger partial charge in [0.1, 0.15) is 6.04 Å². The van der Waals surface area contributed by atoms with E-state index in [1.165, 1.54) is 70.6 Å². The second-order valence-corrected chi connectivity index (χ2v) is 9.72. The summed E-state index contributed by atoms with van der Waals surface area (Å²) in [6.45, 7) is 2.24. The fourth-order valence-corrected chi connectivity index (χ4v) is 3.91. The number of nitrogens with zero attached hydrogens (tertiary/aromatic N) is 1. The maximum absolute atomic E-state index is 11.8. The van der Waals surface area contributed by atoms with Crippen LogP contribution in [0.25, 0.3) is 0 Å². The van der Waals surface area contributed by atoms with E-state index in [0.717, 1.165) is 19.3 Å². The zero-order valence-corrected chi connectivity index (χ0v) is 22.5. The summed E-state index contributed by atoms with van der Waals surface area (Å²) in [5, 5.41) is 20.8. The molecule has 7 nitrogen and oxygen atoms in total. The number of carboxylic acids is 1. The number of carbonyl (C=O) groups is 1. The molecule has 2 N–H and O–H groups in total. The largest absolute Gasteiger partial charge is 1.00 e. The molecule has 0 aliphatic rings. The van der Waals surface area contributed by atoms with Crippen LogP contribution in [0.4, 0.5) is 0 Å². The molecule has 0 fully saturated rings. The minimum Gasteiger partial charge on any atom is -0.862 e. The van der Waals surface area contributed by atoms with Crippen LogP contribution in [0.5, 0.6) is 0 Å². The molecule has 178 valence electrons. The number of hydrogen-bond acceptors (Lipinski definition) is 5. The average Bonchev–Trinajstić information content (AvgIpc) is 2.67. The van der Waals surface area contributed by atoms with Crippen molar-refractivity contribution in [3.8, 4) is 0 Å². The molecule has 0 aliphatic carbocycles. The molecule has 0 bridgehead atoms. The van der Waals surface area contributed by atoms with Gasteiger partial charge in [-0.05, 0) is 25.2 Å². The monoisotopic (exact) mass is 471 g/mol. The predicted molar refractivity (Wildman–Crippen MR) is 119 cm³/mol. The summed E-state index contributed by atoms with van der Waals surface area (Å²) in [6, 6.07) is -1.42. The van der Waals surface area contributed by atoms with Crippen LogP contribution in [0.3, 0.4) is 0 Å². The van der Waals surface area contributed by atoms with Crippen molar-refractivity contribution >= 4 is 22.0 Å². The summed E-state index contributed by atoms with van der Waals surface area (Å²) in [4.78, 5) is 14.6. The van der Waals surface area contributed by atoms with E-state index in [1.54, 1.807) is 0 Å². The van der Waals surface area contributed by atoms with Crippen LogP contribution in [0.2, 0.25) is 0 Å². The molecule has 0 amide bonds. The van der Waals surface area contributed by atoms with Gasteiger partial charge in [0.15, 0.2) is 0 Å². The third-order valence-electron chi connectivity index (χ3n) is 5.23. The standard InChI is InChI=1S/C22H43NO6S.Na/c1-2-3-4-5-6-7-8-9-10-11-12-13-14-15-16-17-21(24)23-20(22(25)26)18-19-30(27,28)29;/h20H,2-19H2,1H3,(H,23,24)(H,25,26)(H,27,28,29);/q;+1/p-1. The van der Waals surface area contributed by atoms with Gasteiger partial charge in [-0.3, -0.25) is 9.55 Å². The number of carboxylic acid groups (broad SMARTS) is 1. The van der Waals surface area contributed by atoms with Gasteiger partial charge in [0.05, 0.1) is 5.75 Å². The van der Waals surface area contributed by atoms with Gasteiger partial charge < -0.3 is 10.2 Å². The third-order valence-corrected chi connectivity index (χ3v) is 5.98. The minimum absolute atomic E-state index is 0. The van der Waals surface area contributed by atoms with Crippen molar-refractivity contribution < 1.29 is 57.5 Å². The van der Waals surface area contributed by atoms with E-state index in [9.17, 15) is 18.3 Å². The first-order valence-electron chi connectivity index (χ1n) is 11.7. The zero-order valence-electron chi connectivity index (χ0n) is 19.7. The maximum Gasteiger partial charge on any atom is 1.00 e. The topological polar surface area (TPSA) is 127 Å². The molecule has 0 aliphatic heterocycles. The van der Waals surface area contributed by atoms with Crippen LogP contribution < -0.4 is 34.7 Å². The van der Waals surface area contributed by atoms with E-state index in [2.05, 4.69) is 11.9 Å². The van der Waals surface area contributed by atoms with Gasteiger partial charge >= 0.3 is 35.5 Å². The smallest absolute Gasteiger partial charge is 0.862 e. The van der Waals surface area contributed by atoms with Crippen molar-refractivity contribution in [3.63, 3.8) is 0 Å². The minimum atomic E-state index is -4.27. The summed E-state index contributed by atoms with van der Waals surface area (Å²) in [7, 11) is -4.27. The van der Waals surface area contributed by atoms with Gasteiger partial charge in [-0.2, -0.15) is 8.42 Å². The molecule has 0 aromatic rings. The summed E-state index contributed by atoms with van der Waals surface area (Å²) < 4.78 is 30.1. The van der Waals surface area contributed by atoms with Crippen LogP contribution in [-0.2, 0) is 14.9 Å². The Hall–Kier alpha value is -0.150. The van der Waals surface area contributed by atoms with Gasteiger partial charge in [-0.25, -0.2) is 4.79 Å². The number of aliphatic carboxylic acids is 1. The van der Waals surface area contributed by atoms with Crippen molar-refractivity contribution in [3.05, 3.63) is 0 Å². The molecule has 0 aromatic carbocycles. The van der Waals surface area contributed by atoms with E-state index in [0.29, 0.717) is 6.42 Å². The van der Waals surface area contributed by atoms with Crippen molar-refractivity contribution in [2.24, 2.45) is 4.99 Å². The number of unbranched alkanes of at least 4 members (excludes halogenated alkanes) is 14. The molecule has 0 saturated heterocycles. The molecular formula is C22H42NNaO6S. The van der Waals surface area contributed by atoms with Crippen molar-refractivity contribution in [2.75, 3.05) is 5.75 Å². The number of rotatable bonds is 21. The summed E-state index contributed by atoms with van der Waals surface area (Å²) in [5.41, 5.74) is 0. The fourth-order valence-electron chi connectivity index (χ4n) is 3.39. The van der Waals surface area contributed by atoms with Crippen molar-refractivity contribution in [1.29, 1.82) is 0 Å². The van der Waals surface area contributed by atoms with Crippen molar-refractivity contribution in [1.82, 2.24) is 0 Å². The molecular weight excluding hydrogens is 429 g/mol. The first-order valence-corrected chi connectivity index (χ1v) is 13.3. The average molecular weight is 472 g/mol. The van der Waals surface area contributed by atoms with E-state index in [-0.39, 0.29) is 36.0 Å². The Morgan fingerprint density at radius 1 is 0.839 bits per heavy atom. The molecule has 1 unspecified atom stereocenters. The Kier molecular flexibility index (Phi) is 23.1. The summed E-state index contributed by atoms with van der Waals surface area (Å²) >= 11 is 0. The molecule has 1 atom stereocenters. The summed E-state index contributed by atoms with van der Waals surface area (Å²) in [6.07, 6.45) is 18.1. The number of aliphatic imine (C=N–C) groups is 1. The normalized spacial score (nSPS) is 13.0. The number of hydrogen-bond donors (Lipinski definition) is 2. The van der Waals surface area contributed by atoms with Crippen LogP contribution >= 0.6 is 0 Å². The Morgan fingerprint density at radius 2 is 1.23 bits per heavy atom. The second-order valence-electron chi connectivity index (χ2n) is 8.15. The molecule has 0 heterocycles. The van der Waals surface area contributed by atoms with E-state index >= 15 is 0 Å². The van der Waals surface area contributed by atoms with Gasteiger partial charge in [-0.15, -0.1) is 0 Å². The van der Waals surface area contributed by atoms with Crippen molar-refractivity contribution in [2.45, 2.75) is 122 Å². The Bertz CT molecular complexity index is 568. The SMILES string of the molecule is CCCCCCCCCCCCCCCCCC([O-])=NC(CCS(=O)(=O)O)C(=O)O.[Na+]. The van der Waals surface area contributed by atoms with E-state index < -0.39 is 40.2 Å². The van der Waals surface area contributed by atoms with Gasteiger partial charge in [-0.1, -0.05) is 96.8 Å². The molecule has 0 aromatic heterocycles. The molecule has 0 radical (unpaired) electrons. The maximum atomic E-state index is 11.8. The third kappa shape index (κ3) is 24.3. The van der Waals surface area contributed by atoms with Crippen LogP contribution in [0.1, 0.15) is 116 Å². The Labute approximate surface area is 211 Å². The Morgan fingerprint density at radius 3 is 1.58 bits per heavy atom. The van der Waals surface area contributed by atoms with Gasteiger partial charge in [0.2, 0.25) is 0 Å². The molecule has 0 saturated carbocycles. The van der Waals surface area contributed by atoms with E-state index in [4.69, 9.17) is 9.66 Å². The van der Waals surface area contributed by atoms with Crippen LogP contribution in [-0.4, -0.2) is 41.7 Å². The second kappa shape index (κ2) is 21.7. The molecule has 0 spiro atoms. The van der Waals surface area contributed by atoms with Crippen LogP contribution in [0.15, 0.2) is 4.99 Å². The zero-order chi connectivity index (χ0) is 22.7. The predicted octanol–water partition coefficient (Wildman–Crippen LogP) is 1.74. The molecule has 0 rings (SSSR count). The fraction of sp³-hybridized carbons (Fsp3) is 0.909. The van der Waals surface area contributed by atoms with Crippen LogP contribution in [0, 0.1) is 0 Å². The van der Waals surface area contributed by atoms with E-state index in [1.807, 2.05) is 0 Å². The first kappa shape index (κ1) is 33.0. The molecule has 31 heavy (non-hydrogen) atoms. The first-order chi connectivity index (χ1) is 14.3. The van der Waals surface area contributed by atoms with Gasteiger partial charge in [0.25, 0.3) is 10.1 Å². The quantitative estimate of drug-likeness (QED) is 0.0863. The molecule has 9 heteroatoms.